The number of esters is 1. The van der Waals surface area contributed by atoms with Crippen LogP contribution in [0.3, 0.4) is 0 Å². The molecule has 0 saturated heterocycles. The summed E-state index contributed by atoms with van der Waals surface area (Å²) in [5, 5.41) is 0. The predicted molar refractivity (Wildman–Crippen MR) is 59.3 cm³/mol. The van der Waals surface area contributed by atoms with E-state index < -0.39 is 11.6 Å². The third kappa shape index (κ3) is 4.48. The summed E-state index contributed by atoms with van der Waals surface area (Å²) in [6.45, 7) is 2.34. The van der Waals surface area contributed by atoms with Crippen molar-refractivity contribution in [3.8, 4) is 0 Å². The smallest absolute Gasteiger partial charge is 0.320 e. The monoisotopic (exact) mass is 243 g/mol. The predicted octanol–water partition coefficient (Wildman–Crippen LogP) is 1.96. The Bertz CT molecular complexity index is 396. The highest BCUT2D eigenvalue weighted by Gasteiger charge is 2.10. The summed E-state index contributed by atoms with van der Waals surface area (Å²) in [4.78, 5) is 12.8. The van der Waals surface area contributed by atoms with Gasteiger partial charge in [-0.15, -0.1) is 0 Å². The number of hydrogen-bond donors (Lipinski definition) is 0. The molecule has 1 rings (SSSR count). The van der Waals surface area contributed by atoms with Crippen molar-refractivity contribution in [2.24, 2.45) is 0 Å². The first-order chi connectivity index (χ1) is 8.02. The van der Waals surface area contributed by atoms with Gasteiger partial charge < -0.3 is 4.74 Å². The molecular weight excluding hydrogens is 228 g/mol. The number of carbonyl (C=O) groups is 1. The number of ether oxygens (including phenoxy) is 1. The van der Waals surface area contributed by atoms with Crippen LogP contribution in [-0.4, -0.2) is 31.1 Å². The van der Waals surface area contributed by atoms with Gasteiger partial charge >= 0.3 is 5.97 Å². The van der Waals surface area contributed by atoms with Crippen molar-refractivity contribution in [1.82, 2.24) is 4.90 Å². The molecule has 0 fully saturated rings. The number of hydrogen-bond acceptors (Lipinski definition) is 3. The van der Waals surface area contributed by atoms with Crippen LogP contribution in [0.5, 0.6) is 0 Å². The van der Waals surface area contributed by atoms with Crippen molar-refractivity contribution in [3.05, 3.63) is 35.4 Å². The summed E-state index contributed by atoms with van der Waals surface area (Å²) in [5.74, 6) is -1.59. The van der Waals surface area contributed by atoms with Crippen LogP contribution in [0, 0.1) is 11.6 Å². The van der Waals surface area contributed by atoms with E-state index in [4.69, 9.17) is 4.74 Å². The van der Waals surface area contributed by atoms with E-state index in [0.717, 1.165) is 6.07 Å². The Morgan fingerprint density at radius 2 is 2.12 bits per heavy atom. The van der Waals surface area contributed by atoms with Crippen LogP contribution in [0.15, 0.2) is 18.2 Å². The summed E-state index contributed by atoms with van der Waals surface area (Å²) in [6.07, 6.45) is 0. The van der Waals surface area contributed by atoms with Gasteiger partial charge in [-0.05, 0) is 20.0 Å². The molecule has 3 nitrogen and oxygen atoms in total. The van der Waals surface area contributed by atoms with E-state index in [2.05, 4.69) is 0 Å². The molecule has 0 aliphatic carbocycles. The molecule has 0 unspecified atom stereocenters. The minimum absolute atomic E-state index is 0.0741. The van der Waals surface area contributed by atoms with Crippen LogP contribution in [0.25, 0.3) is 0 Å². The van der Waals surface area contributed by atoms with E-state index in [0.29, 0.717) is 12.2 Å². The normalized spacial score (nSPS) is 10.6. The van der Waals surface area contributed by atoms with Crippen molar-refractivity contribution in [2.45, 2.75) is 13.5 Å². The van der Waals surface area contributed by atoms with Gasteiger partial charge in [0.1, 0.15) is 11.6 Å². The maximum atomic E-state index is 13.3. The lowest BCUT2D eigenvalue weighted by Gasteiger charge is -2.15. The zero-order chi connectivity index (χ0) is 12.8. The highest BCUT2D eigenvalue weighted by atomic mass is 19.1. The average Bonchev–Trinajstić information content (AvgIpc) is 2.22. The first kappa shape index (κ1) is 13.6. The van der Waals surface area contributed by atoms with Crippen molar-refractivity contribution >= 4 is 5.97 Å². The van der Waals surface area contributed by atoms with E-state index in [1.54, 1.807) is 18.9 Å². The van der Waals surface area contributed by atoms with Crippen molar-refractivity contribution in [2.75, 3.05) is 20.2 Å². The fourth-order valence-corrected chi connectivity index (χ4v) is 1.42. The average molecular weight is 243 g/mol. The van der Waals surface area contributed by atoms with Crippen molar-refractivity contribution in [1.29, 1.82) is 0 Å². The number of carbonyl (C=O) groups excluding carboxylic acids is 1. The maximum absolute atomic E-state index is 13.3. The third-order valence-corrected chi connectivity index (χ3v) is 2.16. The first-order valence-electron chi connectivity index (χ1n) is 5.31. The minimum atomic E-state index is -0.612. The SMILES string of the molecule is CCOC(=O)CN(C)Cc1ccc(F)cc1F. The number of halogens is 2. The standard InChI is InChI=1S/C12H15F2NO2/c1-3-17-12(16)8-15(2)7-9-4-5-10(13)6-11(9)14/h4-6H,3,7-8H2,1-2H3. The van der Waals surface area contributed by atoms with Crippen LogP contribution < -0.4 is 0 Å². The van der Waals surface area contributed by atoms with Crippen LogP contribution in [0.2, 0.25) is 0 Å². The zero-order valence-electron chi connectivity index (χ0n) is 9.87. The molecule has 94 valence electrons. The van der Waals surface area contributed by atoms with Crippen LogP contribution in [0.1, 0.15) is 12.5 Å². The summed E-state index contributed by atoms with van der Waals surface area (Å²) in [7, 11) is 1.67. The van der Waals surface area contributed by atoms with Crippen LogP contribution >= 0.6 is 0 Å². The fourth-order valence-electron chi connectivity index (χ4n) is 1.42. The Kier molecular flexibility index (Phi) is 5.03. The van der Waals surface area contributed by atoms with Gasteiger partial charge in [-0.2, -0.15) is 0 Å². The molecule has 1 aromatic rings. The lowest BCUT2D eigenvalue weighted by Crippen LogP contribution is -2.27. The lowest BCUT2D eigenvalue weighted by atomic mass is 10.2. The van der Waals surface area contributed by atoms with Gasteiger partial charge in [0.25, 0.3) is 0 Å². The van der Waals surface area contributed by atoms with Gasteiger partial charge in [0.05, 0.1) is 13.2 Å². The molecule has 0 aromatic heterocycles. The summed E-state index contributed by atoms with van der Waals surface area (Å²) < 4.78 is 30.7. The molecule has 0 N–H and O–H groups in total. The summed E-state index contributed by atoms with van der Waals surface area (Å²) in [5.41, 5.74) is 0.346. The number of rotatable bonds is 5. The van der Waals surface area contributed by atoms with Crippen molar-refractivity contribution < 1.29 is 18.3 Å². The molecule has 0 aliphatic heterocycles. The van der Waals surface area contributed by atoms with E-state index in [9.17, 15) is 13.6 Å². The van der Waals surface area contributed by atoms with Gasteiger partial charge in [0, 0.05) is 18.2 Å². The molecule has 0 bridgehead atoms. The largest absolute Gasteiger partial charge is 0.465 e. The molecular formula is C12H15F2NO2. The van der Waals surface area contributed by atoms with Crippen LogP contribution in [-0.2, 0) is 16.1 Å². The maximum Gasteiger partial charge on any atom is 0.320 e. The topological polar surface area (TPSA) is 29.5 Å². The number of nitrogens with zero attached hydrogens (tertiary/aromatic N) is 1. The molecule has 0 aliphatic rings. The Morgan fingerprint density at radius 3 is 2.71 bits per heavy atom. The van der Waals surface area contributed by atoms with E-state index in [1.807, 2.05) is 0 Å². The highest BCUT2D eigenvalue weighted by Crippen LogP contribution is 2.11. The van der Waals surface area contributed by atoms with Gasteiger partial charge in [-0.3, -0.25) is 9.69 Å². The Labute approximate surface area is 99.0 Å². The van der Waals surface area contributed by atoms with E-state index in [-0.39, 0.29) is 19.1 Å². The van der Waals surface area contributed by atoms with E-state index >= 15 is 0 Å². The van der Waals surface area contributed by atoms with Gasteiger partial charge in [0.15, 0.2) is 0 Å². The second kappa shape index (κ2) is 6.30. The fraction of sp³-hybridized carbons (Fsp3) is 0.417. The lowest BCUT2D eigenvalue weighted by molar-refractivity contribution is -0.144. The summed E-state index contributed by atoms with van der Waals surface area (Å²) in [6, 6.07) is 3.39. The zero-order valence-corrected chi connectivity index (χ0v) is 9.87. The minimum Gasteiger partial charge on any atom is -0.465 e. The van der Waals surface area contributed by atoms with Gasteiger partial charge in [0.2, 0.25) is 0 Å². The summed E-state index contributed by atoms with van der Waals surface area (Å²) >= 11 is 0. The third-order valence-electron chi connectivity index (χ3n) is 2.16. The highest BCUT2D eigenvalue weighted by molar-refractivity contribution is 5.71. The quantitative estimate of drug-likeness (QED) is 0.740. The number of benzene rings is 1. The van der Waals surface area contributed by atoms with Gasteiger partial charge in [-0.1, -0.05) is 6.07 Å². The number of likely N-dealkylation sites (N-methyl/N-ethyl adjacent to an activating group) is 1. The Hall–Kier alpha value is -1.49. The first-order valence-corrected chi connectivity index (χ1v) is 5.31. The molecule has 5 heteroatoms. The van der Waals surface area contributed by atoms with Gasteiger partial charge in [-0.25, -0.2) is 8.78 Å². The molecule has 1 aromatic carbocycles. The van der Waals surface area contributed by atoms with Crippen molar-refractivity contribution in [3.63, 3.8) is 0 Å². The second-order valence-electron chi connectivity index (χ2n) is 3.71. The Morgan fingerprint density at radius 1 is 1.41 bits per heavy atom. The molecule has 17 heavy (non-hydrogen) atoms. The molecule has 0 saturated carbocycles. The molecule has 0 radical (unpaired) electrons. The van der Waals surface area contributed by atoms with E-state index in [1.165, 1.54) is 12.1 Å². The molecule has 0 amide bonds. The molecule has 0 spiro atoms. The molecule has 0 heterocycles. The second-order valence-corrected chi connectivity index (χ2v) is 3.71. The Balaban J connectivity index is 2.55. The van der Waals surface area contributed by atoms with Crippen LogP contribution in [0.4, 0.5) is 8.78 Å². The molecule has 0 atom stereocenters.